The standard InChI is InChI=1S/C31H28N6O5.K.H/c1-4-7-25-24(29(38)36(30-32-18-33-37(25)30)21-14-15-26(40-2)27(17-21)41-3)16-19-10-12-20(13-11-19)22-8-5-6-9-23(22)28-34-31(39)42-35-28;;/h5-6,8-15,17-18H,4,7,16H2,1-3H3,(H,34,35,39);;. The van der Waals surface area contributed by atoms with Crippen LogP contribution in [0, 0.1) is 0 Å². The minimum absolute atomic E-state index is 0. The van der Waals surface area contributed by atoms with E-state index in [-0.39, 0.29) is 56.9 Å². The molecule has 0 saturated carbocycles. The predicted octanol–water partition coefficient (Wildman–Crippen LogP) is 3.80. The van der Waals surface area contributed by atoms with Crippen LogP contribution in [0.25, 0.3) is 34.0 Å². The number of aromatic nitrogens is 6. The average molecular weight is 605 g/mol. The number of ether oxygens (including phenoxy) is 2. The Bertz CT molecular complexity index is 2010. The van der Waals surface area contributed by atoms with Gasteiger partial charge in [0.25, 0.3) is 5.56 Å². The normalized spacial score (nSPS) is 11.0. The summed E-state index contributed by atoms with van der Waals surface area (Å²) in [5.41, 5.74) is 5.42. The fraction of sp³-hybridized carbons (Fsp3) is 0.194. The summed E-state index contributed by atoms with van der Waals surface area (Å²) in [6.45, 7) is 2.07. The van der Waals surface area contributed by atoms with Gasteiger partial charge in [-0.3, -0.25) is 14.3 Å². The van der Waals surface area contributed by atoms with E-state index in [0.29, 0.717) is 47.2 Å². The van der Waals surface area contributed by atoms with Gasteiger partial charge in [0.1, 0.15) is 6.33 Å². The molecule has 0 aliphatic rings. The van der Waals surface area contributed by atoms with Crippen LogP contribution in [-0.4, -0.2) is 94.9 Å². The average Bonchev–Trinajstić information content (AvgIpc) is 3.68. The van der Waals surface area contributed by atoms with Crippen LogP contribution in [0.15, 0.2) is 87.2 Å². The molecule has 3 aromatic heterocycles. The molecule has 43 heavy (non-hydrogen) atoms. The summed E-state index contributed by atoms with van der Waals surface area (Å²) in [4.78, 5) is 32.8. The molecule has 0 aliphatic carbocycles. The summed E-state index contributed by atoms with van der Waals surface area (Å²) in [6, 6.07) is 20.9. The van der Waals surface area contributed by atoms with Crippen molar-refractivity contribution in [3.05, 3.63) is 111 Å². The van der Waals surface area contributed by atoms with E-state index in [9.17, 15) is 9.59 Å². The Morgan fingerprint density at radius 1 is 0.930 bits per heavy atom. The summed E-state index contributed by atoms with van der Waals surface area (Å²) >= 11 is 0. The number of aryl methyl sites for hydroxylation is 1. The molecule has 0 aliphatic heterocycles. The summed E-state index contributed by atoms with van der Waals surface area (Å²) < 4.78 is 18.9. The van der Waals surface area contributed by atoms with E-state index in [1.807, 2.05) is 48.5 Å². The van der Waals surface area contributed by atoms with Crippen LogP contribution in [0.1, 0.15) is 30.2 Å². The fourth-order valence-corrected chi connectivity index (χ4v) is 5.22. The molecule has 0 fully saturated rings. The van der Waals surface area contributed by atoms with Crippen molar-refractivity contribution in [1.82, 2.24) is 29.3 Å². The molecular weight excluding hydrogens is 575 g/mol. The molecule has 3 heterocycles. The SMILES string of the molecule is CCCc1c(Cc2ccc(-c3ccccc3-c3noc(=O)[nH]3)cc2)c(=O)n(-c2ccc(OC)c(OC)c2)c2ncnn12.[KH]. The first-order valence-electron chi connectivity index (χ1n) is 13.5. The van der Waals surface area contributed by atoms with Gasteiger partial charge in [-0.1, -0.05) is 67.0 Å². The van der Waals surface area contributed by atoms with Crippen molar-refractivity contribution in [1.29, 1.82) is 0 Å². The molecule has 12 heteroatoms. The maximum atomic E-state index is 14.2. The van der Waals surface area contributed by atoms with Crippen LogP contribution in [-0.2, 0) is 12.8 Å². The van der Waals surface area contributed by atoms with Crippen LogP contribution in [0.3, 0.4) is 0 Å². The first-order chi connectivity index (χ1) is 20.5. The first-order valence-corrected chi connectivity index (χ1v) is 13.5. The molecule has 0 unspecified atom stereocenters. The van der Waals surface area contributed by atoms with Crippen molar-refractivity contribution in [3.8, 4) is 39.7 Å². The molecule has 0 amide bonds. The molecule has 0 atom stereocenters. The molecule has 6 rings (SSSR count). The van der Waals surface area contributed by atoms with Gasteiger partial charge in [-0.25, -0.2) is 13.9 Å². The first kappa shape index (κ1) is 30.6. The van der Waals surface area contributed by atoms with E-state index in [1.165, 1.54) is 6.33 Å². The zero-order valence-corrected chi connectivity index (χ0v) is 23.3. The third kappa shape index (κ3) is 5.88. The molecule has 1 N–H and O–H groups in total. The number of benzene rings is 3. The summed E-state index contributed by atoms with van der Waals surface area (Å²) in [5, 5.41) is 8.34. The van der Waals surface area contributed by atoms with Gasteiger partial charge in [0.2, 0.25) is 5.78 Å². The van der Waals surface area contributed by atoms with Crippen LogP contribution >= 0.6 is 0 Å². The number of hydrogen-bond donors (Lipinski definition) is 1. The fourth-order valence-electron chi connectivity index (χ4n) is 5.22. The van der Waals surface area contributed by atoms with Gasteiger partial charge in [-0.05, 0) is 35.2 Å². The maximum absolute atomic E-state index is 14.2. The van der Waals surface area contributed by atoms with Gasteiger partial charge in [0.15, 0.2) is 17.3 Å². The molecule has 214 valence electrons. The third-order valence-corrected chi connectivity index (χ3v) is 7.18. The van der Waals surface area contributed by atoms with Crippen LogP contribution in [0.4, 0.5) is 0 Å². The zero-order chi connectivity index (χ0) is 29.2. The molecule has 11 nitrogen and oxygen atoms in total. The van der Waals surface area contributed by atoms with E-state index in [2.05, 4.69) is 27.1 Å². The summed E-state index contributed by atoms with van der Waals surface area (Å²) in [5.74, 6) is 1.25. The van der Waals surface area contributed by atoms with Crippen molar-refractivity contribution in [2.45, 2.75) is 26.2 Å². The Kier molecular flexibility index (Phi) is 9.42. The third-order valence-electron chi connectivity index (χ3n) is 7.18. The molecule has 0 saturated heterocycles. The number of methoxy groups -OCH3 is 2. The van der Waals surface area contributed by atoms with Crippen LogP contribution < -0.4 is 20.8 Å². The molecule has 0 radical (unpaired) electrons. The quantitative estimate of drug-likeness (QED) is 0.247. The second kappa shape index (κ2) is 13.2. The van der Waals surface area contributed by atoms with Gasteiger partial charge < -0.3 is 9.47 Å². The zero-order valence-electron chi connectivity index (χ0n) is 23.3. The number of H-pyrrole nitrogens is 1. The Morgan fingerprint density at radius 3 is 2.35 bits per heavy atom. The molecular formula is C31H29KN6O5. The van der Waals surface area contributed by atoms with Gasteiger partial charge in [0.05, 0.1) is 25.6 Å². The van der Waals surface area contributed by atoms with Crippen molar-refractivity contribution in [3.63, 3.8) is 0 Å². The number of hydrogen-bond acceptors (Lipinski definition) is 8. The summed E-state index contributed by atoms with van der Waals surface area (Å²) in [7, 11) is 3.12. The minimum atomic E-state index is -0.610. The number of aromatic amines is 1. The van der Waals surface area contributed by atoms with Crippen LogP contribution in [0.5, 0.6) is 11.5 Å². The van der Waals surface area contributed by atoms with Gasteiger partial charge >= 0.3 is 57.1 Å². The van der Waals surface area contributed by atoms with E-state index in [0.717, 1.165) is 34.4 Å². The monoisotopic (exact) mass is 604 g/mol. The number of nitrogens with one attached hydrogen (secondary N) is 1. The van der Waals surface area contributed by atoms with Crippen molar-refractivity contribution >= 4 is 57.2 Å². The predicted molar refractivity (Wildman–Crippen MR) is 164 cm³/mol. The van der Waals surface area contributed by atoms with Gasteiger partial charge in [-0.15, -0.1) is 0 Å². The Balaban J connectivity index is 0.00000368. The molecule has 0 bridgehead atoms. The molecule has 0 spiro atoms. The van der Waals surface area contributed by atoms with E-state index in [4.69, 9.17) is 14.0 Å². The number of nitrogens with zero attached hydrogens (tertiary/aromatic N) is 5. The number of rotatable bonds is 9. The second-order valence-corrected chi connectivity index (χ2v) is 9.69. The Hall–Kier alpha value is -3.81. The van der Waals surface area contributed by atoms with E-state index < -0.39 is 5.76 Å². The van der Waals surface area contributed by atoms with E-state index in [1.54, 1.807) is 41.5 Å². The second-order valence-electron chi connectivity index (χ2n) is 9.69. The molecule has 6 aromatic rings. The van der Waals surface area contributed by atoms with Gasteiger partial charge in [-0.2, -0.15) is 10.1 Å². The van der Waals surface area contributed by atoms with Crippen molar-refractivity contribution in [2.24, 2.45) is 0 Å². The summed E-state index contributed by atoms with van der Waals surface area (Å²) in [6.07, 6.45) is 3.36. The van der Waals surface area contributed by atoms with Crippen LogP contribution in [0.2, 0.25) is 0 Å². The van der Waals surface area contributed by atoms with Crippen molar-refractivity contribution in [2.75, 3.05) is 14.2 Å². The van der Waals surface area contributed by atoms with E-state index >= 15 is 0 Å². The molecule has 3 aromatic carbocycles. The number of fused-ring (bicyclic) bond motifs is 1. The Labute approximate surface area is 288 Å². The van der Waals surface area contributed by atoms with Crippen molar-refractivity contribution < 1.29 is 14.0 Å². The Morgan fingerprint density at radius 2 is 1.67 bits per heavy atom. The topological polar surface area (TPSA) is 130 Å². The van der Waals surface area contributed by atoms with Gasteiger partial charge in [0, 0.05) is 23.6 Å².